The Labute approximate surface area is 139 Å². The number of carbonyl (C=O) groups is 1. The fraction of sp³-hybridized carbons (Fsp3) is 0.471. The predicted octanol–water partition coefficient (Wildman–Crippen LogP) is 2.99. The van der Waals surface area contributed by atoms with E-state index in [1.807, 2.05) is 4.57 Å². The molecule has 1 aromatic heterocycles. The van der Waals surface area contributed by atoms with Crippen LogP contribution in [0.15, 0.2) is 24.5 Å². The lowest BCUT2D eigenvalue weighted by molar-refractivity contribution is 0.0702. The molecule has 0 radical (unpaired) electrons. The molecule has 0 saturated carbocycles. The van der Waals surface area contributed by atoms with Crippen LogP contribution in [0.1, 0.15) is 48.3 Å². The summed E-state index contributed by atoms with van der Waals surface area (Å²) in [6.45, 7) is 4.05. The number of aromatic nitrogens is 3. The first kappa shape index (κ1) is 16.5. The molecule has 7 heteroatoms. The molecule has 1 saturated heterocycles. The van der Waals surface area contributed by atoms with Gasteiger partial charge in [-0.05, 0) is 37.5 Å². The van der Waals surface area contributed by atoms with Gasteiger partial charge < -0.3 is 9.47 Å². The molecule has 1 atom stereocenters. The Morgan fingerprint density at radius 1 is 1.33 bits per heavy atom. The molecule has 1 aliphatic rings. The highest BCUT2D eigenvalue weighted by molar-refractivity contribution is 5.94. The molecule has 0 spiro atoms. The molecule has 1 fully saturated rings. The minimum atomic E-state index is -1.00. The summed E-state index contributed by atoms with van der Waals surface area (Å²) in [7, 11) is 0. The summed E-state index contributed by atoms with van der Waals surface area (Å²) in [6.07, 6.45) is 4.48. The van der Waals surface area contributed by atoms with Crippen LogP contribution in [0.3, 0.4) is 0 Å². The molecule has 2 aromatic rings. The van der Waals surface area contributed by atoms with Gasteiger partial charge in [-0.15, -0.1) is 10.2 Å². The molecule has 0 aliphatic carbocycles. The number of piperidine rings is 1. The lowest BCUT2D eigenvalue weighted by atomic mass is 9.96. The van der Waals surface area contributed by atoms with E-state index in [0.29, 0.717) is 13.1 Å². The van der Waals surface area contributed by atoms with Gasteiger partial charge in [-0.25, -0.2) is 8.78 Å². The molecule has 24 heavy (non-hydrogen) atoms. The maximum absolute atomic E-state index is 13.4. The highest BCUT2D eigenvalue weighted by Crippen LogP contribution is 2.26. The lowest BCUT2D eigenvalue weighted by Gasteiger charge is -2.32. The third kappa shape index (κ3) is 3.29. The number of amides is 1. The van der Waals surface area contributed by atoms with E-state index in [-0.39, 0.29) is 17.4 Å². The summed E-state index contributed by atoms with van der Waals surface area (Å²) in [4.78, 5) is 14.3. The monoisotopic (exact) mass is 334 g/mol. The van der Waals surface area contributed by atoms with Gasteiger partial charge in [0.25, 0.3) is 5.91 Å². The molecule has 0 N–H and O–H groups in total. The van der Waals surface area contributed by atoms with Crippen molar-refractivity contribution in [3.05, 3.63) is 47.5 Å². The van der Waals surface area contributed by atoms with E-state index in [9.17, 15) is 13.6 Å². The average Bonchev–Trinajstić information content (AvgIpc) is 3.05. The van der Waals surface area contributed by atoms with Gasteiger partial charge in [0.1, 0.15) is 12.2 Å². The number of hydrogen-bond donors (Lipinski definition) is 0. The van der Waals surface area contributed by atoms with Gasteiger partial charge >= 0.3 is 0 Å². The van der Waals surface area contributed by atoms with E-state index >= 15 is 0 Å². The van der Waals surface area contributed by atoms with Crippen molar-refractivity contribution in [2.45, 2.75) is 38.6 Å². The number of carbonyl (C=O) groups excluding carboxylic acids is 1. The van der Waals surface area contributed by atoms with Crippen molar-refractivity contribution in [2.24, 2.45) is 0 Å². The summed E-state index contributed by atoms with van der Waals surface area (Å²) >= 11 is 0. The molecule has 1 unspecified atom stereocenters. The lowest BCUT2D eigenvalue weighted by Crippen LogP contribution is -2.39. The maximum Gasteiger partial charge on any atom is 0.253 e. The van der Waals surface area contributed by atoms with Crippen molar-refractivity contribution in [1.82, 2.24) is 19.7 Å². The Kier molecular flexibility index (Phi) is 4.87. The van der Waals surface area contributed by atoms with Crippen LogP contribution >= 0.6 is 0 Å². The van der Waals surface area contributed by atoms with E-state index in [4.69, 9.17) is 0 Å². The second-order valence-electron chi connectivity index (χ2n) is 6.10. The molecule has 128 valence electrons. The number of halogens is 2. The van der Waals surface area contributed by atoms with Crippen LogP contribution in [0.25, 0.3) is 0 Å². The Bertz CT molecular complexity index is 731. The number of nitrogens with zero attached hydrogens (tertiary/aromatic N) is 4. The Balaban J connectivity index is 1.76. The van der Waals surface area contributed by atoms with Crippen LogP contribution in [0.5, 0.6) is 0 Å². The Morgan fingerprint density at radius 3 is 2.92 bits per heavy atom. The van der Waals surface area contributed by atoms with Gasteiger partial charge in [-0.3, -0.25) is 4.79 Å². The van der Waals surface area contributed by atoms with E-state index in [1.165, 1.54) is 6.07 Å². The maximum atomic E-state index is 13.4. The van der Waals surface area contributed by atoms with Crippen molar-refractivity contribution < 1.29 is 13.6 Å². The summed E-state index contributed by atoms with van der Waals surface area (Å²) in [5, 5.41) is 8.20. The normalized spacial score (nSPS) is 18.0. The van der Waals surface area contributed by atoms with Crippen molar-refractivity contribution >= 4 is 5.91 Å². The third-order valence-corrected chi connectivity index (χ3v) is 4.35. The highest BCUT2D eigenvalue weighted by Gasteiger charge is 2.28. The summed E-state index contributed by atoms with van der Waals surface area (Å²) < 4.78 is 28.5. The number of hydrogen-bond acceptors (Lipinski definition) is 3. The van der Waals surface area contributed by atoms with Gasteiger partial charge in [0, 0.05) is 31.1 Å². The summed E-state index contributed by atoms with van der Waals surface area (Å²) in [6, 6.07) is 3.27. The molecule has 1 aliphatic heterocycles. The number of benzene rings is 1. The third-order valence-electron chi connectivity index (χ3n) is 4.35. The van der Waals surface area contributed by atoms with Gasteiger partial charge in [0.15, 0.2) is 11.6 Å². The Hall–Kier alpha value is -2.31. The van der Waals surface area contributed by atoms with Gasteiger partial charge in [0.05, 0.1) is 0 Å². The van der Waals surface area contributed by atoms with Crippen molar-refractivity contribution in [1.29, 1.82) is 0 Å². The first-order valence-electron chi connectivity index (χ1n) is 8.22. The first-order chi connectivity index (χ1) is 11.6. The minimum absolute atomic E-state index is 0.113. The molecular formula is C17H20F2N4O. The molecule has 0 bridgehead atoms. The minimum Gasteiger partial charge on any atom is -0.338 e. The van der Waals surface area contributed by atoms with Crippen LogP contribution in [-0.4, -0.2) is 38.7 Å². The number of rotatable bonds is 4. The van der Waals surface area contributed by atoms with Crippen LogP contribution in [0.2, 0.25) is 0 Å². The predicted molar refractivity (Wildman–Crippen MR) is 84.5 cm³/mol. The van der Waals surface area contributed by atoms with Crippen LogP contribution in [0, 0.1) is 11.6 Å². The van der Waals surface area contributed by atoms with E-state index < -0.39 is 11.6 Å². The van der Waals surface area contributed by atoms with Crippen molar-refractivity contribution in [3.63, 3.8) is 0 Å². The number of likely N-dealkylation sites (tertiary alicyclic amines) is 1. The van der Waals surface area contributed by atoms with Gasteiger partial charge in [-0.2, -0.15) is 0 Å². The van der Waals surface area contributed by atoms with Gasteiger partial charge in [0.2, 0.25) is 0 Å². The highest BCUT2D eigenvalue weighted by atomic mass is 19.2. The summed E-state index contributed by atoms with van der Waals surface area (Å²) in [5.74, 6) is -1.23. The SMILES string of the molecule is CCCn1cnnc1C1CCCN(C(=O)c2ccc(F)c(F)c2)C1. The fourth-order valence-electron chi connectivity index (χ4n) is 3.18. The molecular weight excluding hydrogens is 314 g/mol. The zero-order valence-corrected chi connectivity index (χ0v) is 13.6. The zero-order valence-electron chi connectivity index (χ0n) is 13.6. The average molecular weight is 334 g/mol. The zero-order chi connectivity index (χ0) is 17.1. The second-order valence-corrected chi connectivity index (χ2v) is 6.10. The molecule has 3 rings (SSSR count). The molecule has 1 aromatic carbocycles. The van der Waals surface area contributed by atoms with Gasteiger partial charge in [-0.1, -0.05) is 6.92 Å². The molecule has 5 nitrogen and oxygen atoms in total. The smallest absolute Gasteiger partial charge is 0.253 e. The fourth-order valence-corrected chi connectivity index (χ4v) is 3.18. The van der Waals surface area contributed by atoms with E-state index in [2.05, 4.69) is 17.1 Å². The molecule has 1 amide bonds. The van der Waals surface area contributed by atoms with Crippen molar-refractivity contribution in [2.75, 3.05) is 13.1 Å². The topological polar surface area (TPSA) is 51.0 Å². The van der Waals surface area contributed by atoms with E-state index in [1.54, 1.807) is 11.2 Å². The first-order valence-corrected chi connectivity index (χ1v) is 8.22. The quantitative estimate of drug-likeness (QED) is 0.864. The van der Waals surface area contributed by atoms with E-state index in [0.717, 1.165) is 43.8 Å². The number of aryl methyl sites for hydroxylation is 1. The second kappa shape index (κ2) is 7.07. The Morgan fingerprint density at radius 2 is 2.17 bits per heavy atom. The standard InChI is InChI=1S/C17H20F2N4O/c1-2-7-23-11-20-21-16(23)13-4-3-8-22(10-13)17(24)12-5-6-14(18)15(19)9-12/h5-6,9,11,13H,2-4,7-8,10H2,1H3. The largest absolute Gasteiger partial charge is 0.338 e. The molecule has 2 heterocycles. The van der Waals surface area contributed by atoms with Crippen molar-refractivity contribution in [3.8, 4) is 0 Å². The summed E-state index contributed by atoms with van der Waals surface area (Å²) in [5.41, 5.74) is 0.171. The van der Waals surface area contributed by atoms with Crippen LogP contribution in [-0.2, 0) is 6.54 Å². The van der Waals surface area contributed by atoms with Crippen LogP contribution in [0.4, 0.5) is 8.78 Å². The van der Waals surface area contributed by atoms with Crippen LogP contribution < -0.4 is 0 Å².